The van der Waals surface area contributed by atoms with Crippen LogP contribution in [-0.4, -0.2) is 54.4 Å². The predicted octanol–water partition coefficient (Wildman–Crippen LogP) is 3.73. The van der Waals surface area contributed by atoms with Crippen molar-refractivity contribution < 1.29 is 9.53 Å². The summed E-state index contributed by atoms with van der Waals surface area (Å²) in [5.41, 5.74) is 1.46. The lowest BCUT2D eigenvalue weighted by Crippen LogP contribution is -2.41. The van der Waals surface area contributed by atoms with E-state index >= 15 is 0 Å². The molecule has 3 rings (SSSR count). The highest BCUT2D eigenvalue weighted by Gasteiger charge is 2.24. The van der Waals surface area contributed by atoms with Crippen LogP contribution in [0.4, 0.5) is 0 Å². The maximum Gasteiger partial charge on any atom is 0.174 e. The Morgan fingerprint density at radius 2 is 2.08 bits per heavy atom. The van der Waals surface area contributed by atoms with Crippen molar-refractivity contribution in [2.24, 2.45) is 0 Å². The molecule has 0 bridgehead atoms. The molecule has 5 heteroatoms. The fourth-order valence-electron chi connectivity index (χ4n) is 3.85. The van der Waals surface area contributed by atoms with Crippen molar-refractivity contribution in [1.29, 1.82) is 0 Å². The molecule has 25 heavy (non-hydrogen) atoms. The Kier molecular flexibility index (Phi) is 6.91. The summed E-state index contributed by atoms with van der Waals surface area (Å²) in [6.45, 7) is 10.2. The first-order chi connectivity index (χ1) is 12.2. The quantitative estimate of drug-likeness (QED) is 0.520. The third kappa shape index (κ3) is 5.28. The number of piperidine rings is 1. The Labute approximate surface area is 156 Å². The summed E-state index contributed by atoms with van der Waals surface area (Å²) in [6, 6.07) is 2.93. The molecular formula is C20H32N2O2S. The van der Waals surface area contributed by atoms with Crippen LogP contribution in [0.15, 0.2) is 6.07 Å². The number of carbonyl (C=O) groups excluding carboxylic acids is 1. The van der Waals surface area contributed by atoms with Crippen molar-refractivity contribution >= 4 is 17.6 Å². The van der Waals surface area contributed by atoms with Gasteiger partial charge in [-0.15, -0.1) is 11.3 Å². The Morgan fingerprint density at radius 3 is 2.80 bits per heavy atom. The van der Waals surface area contributed by atoms with Crippen LogP contribution < -0.4 is 4.74 Å². The van der Waals surface area contributed by atoms with Gasteiger partial charge in [-0.3, -0.25) is 4.90 Å². The van der Waals surface area contributed by atoms with E-state index in [1.165, 1.54) is 10.4 Å². The van der Waals surface area contributed by atoms with Gasteiger partial charge in [0.1, 0.15) is 12.4 Å². The number of nitrogens with zero attached hydrogens (tertiary/aromatic N) is 2. The number of ether oxygens (including phenoxy) is 1. The minimum absolute atomic E-state index is 0.384. The molecule has 2 aliphatic heterocycles. The Bertz CT molecular complexity index is 550. The van der Waals surface area contributed by atoms with Crippen molar-refractivity contribution in [1.82, 2.24) is 9.80 Å². The van der Waals surface area contributed by atoms with E-state index in [1.807, 2.05) is 11.3 Å². The van der Waals surface area contributed by atoms with Crippen molar-refractivity contribution in [3.05, 3.63) is 16.5 Å². The van der Waals surface area contributed by atoms with Crippen LogP contribution in [0.3, 0.4) is 0 Å². The minimum Gasteiger partial charge on any atom is -0.481 e. The Hall–Kier alpha value is -0.910. The lowest BCUT2D eigenvalue weighted by atomic mass is 10.1. The summed E-state index contributed by atoms with van der Waals surface area (Å²) in [5.74, 6) is 0. The molecule has 1 aromatic rings. The largest absolute Gasteiger partial charge is 0.481 e. The van der Waals surface area contributed by atoms with Gasteiger partial charge in [-0.05, 0) is 64.1 Å². The minimum atomic E-state index is 0.384. The van der Waals surface area contributed by atoms with Gasteiger partial charge in [-0.25, -0.2) is 0 Å². The smallest absolute Gasteiger partial charge is 0.174 e. The van der Waals surface area contributed by atoms with E-state index in [0.717, 1.165) is 76.2 Å². The van der Waals surface area contributed by atoms with Crippen LogP contribution in [-0.2, 0) is 17.8 Å². The average Bonchev–Trinajstić information content (AvgIpc) is 3.00. The van der Waals surface area contributed by atoms with Crippen molar-refractivity contribution in [2.75, 3.05) is 26.2 Å². The highest BCUT2D eigenvalue weighted by molar-refractivity contribution is 7.14. The second-order valence-electron chi connectivity index (χ2n) is 7.65. The third-order valence-corrected chi connectivity index (χ3v) is 6.59. The van der Waals surface area contributed by atoms with Gasteiger partial charge in [-0.2, -0.15) is 0 Å². The molecule has 0 radical (unpaired) electrons. The molecule has 0 aromatic carbocycles. The summed E-state index contributed by atoms with van der Waals surface area (Å²) < 4.78 is 6.32. The molecule has 0 atom stereocenters. The van der Waals surface area contributed by atoms with Crippen molar-refractivity contribution in [2.45, 2.75) is 71.1 Å². The molecule has 4 nitrogen and oxygen atoms in total. The number of unbranched alkanes of at least 4 members (excludes halogenated alkanes) is 2. The molecule has 0 spiro atoms. The maximum absolute atomic E-state index is 10.4. The Balaban J connectivity index is 1.47. The molecule has 0 saturated carbocycles. The molecule has 1 saturated heterocycles. The zero-order valence-corrected chi connectivity index (χ0v) is 16.5. The number of carbonyl (C=O) groups is 1. The highest BCUT2D eigenvalue weighted by atomic mass is 32.1. The van der Waals surface area contributed by atoms with E-state index in [9.17, 15) is 4.79 Å². The summed E-state index contributed by atoms with van der Waals surface area (Å²) >= 11 is 1.86. The summed E-state index contributed by atoms with van der Waals surface area (Å²) in [6.07, 6.45) is 7.68. The average molecular weight is 365 g/mol. The van der Waals surface area contributed by atoms with E-state index < -0.39 is 0 Å². The Morgan fingerprint density at radius 1 is 1.28 bits per heavy atom. The highest BCUT2D eigenvalue weighted by Crippen LogP contribution is 2.35. The first-order valence-electron chi connectivity index (χ1n) is 9.84. The molecule has 140 valence electrons. The summed E-state index contributed by atoms with van der Waals surface area (Å²) in [5, 5.41) is 1.12. The maximum atomic E-state index is 10.4. The van der Waals surface area contributed by atoms with Crippen LogP contribution >= 0.6 is 11.3 Å². The monoisotopic (exact) mass is 364 g/mol. The number of thiophene rings is 1. The molecule has 0 N–H and O–H groups in total. The molecule has 0 amide bonds. The van der Waals surface area contributed by atoms with Gasteiger partial charge >= 0.3 is 0 Å². The third-order valence-electron chi connectivity index (χ3n) is 5.46. The SMILES string of the molecule is CC(C)N1CCC(Oc2cc3c(s2)CCN(CCCCC=O)C3)CC1. The van der Waals surface area contributed by atoms with E-state index in [2.05, 4.69) is 29.7 Å². The van der Waals surface area contributed by atoms with Crippen LogP contribution in [0.1, 0.15) is 56.4 Å². The van der Waals surface area contributed by atoms with E-state index in [0.29, 0.717) is 18.6 Å². The fourth-order valence-corrected chi connectivity index (χ4v) is 4.93. The molecule has 1 fully saturated rings. The summed E-state index contributed by atoms with van der Waals surface area (Å²) in [7, 11) is 0. The topological polar surface area (TPSA) is 32.8 Å². The molecule has 0 unspecified atom stereocenters. The lowest BCUT2D eigenvalue weighted by molar-refractivity contribution is -0.107. The van der Waals surface area contributed by atoms with E-state index in [-0.39, 0.29) is 0 Å². The number of hydrogen-bond acceptors (Lipinski definition) is 5. The zero-order valence-electron chi connectivity index (χ0n) is 15.7. The van der Waals surface area contributed by atoms with Gasteiger partial charge in [0.2, 0.25) is 0 Å². The fraction of sp³-hybridized carbons (Fsp3) is 0.750. The normalized spacial score (nSPS) is 20.0. The molecule has 1 aromatic heterocycles. The number of fused-ring (bicyclic) bond motifs is 1. The standard InChI is InChI=1S/C20H32N2O2S/c1-16(2)22-11-6-18(7-12-22)24-20-14-17-15-21(9-4-3-5-13-23)10-8-19(17)25-20/h13-14,16,18H,3-12,15H2,1-2H3. The van der Waals surface area contributed by atoms with Crippen LogP contribution in [0.2, 0.25) is 0 Å². The zero-order chi connectivity index (χ0) is 17.6. The summed E-state index contributed by atoms with van der Waals surface area (Å²) in [4.78, 5) is 17.0. The second kappa shape index (κ2) is 9.15. The number of hydrogen-bond donors (Lipinski definition) is 0. The van der Waals surface area contributed by atoms with Gasteiger partial charge in [0, 0.05) is 43.5 Å². The van der Waals surface area contributed by atoms with Gasteiger partial charge in [0.05, 0.1) is 0 Å². The second-order valence-corrected chi connectivity index (χ2v) is 8.75. The predicted molar refractivity (Wildman–Crippen MR) is 104 cm³/mol. The van der Waals surface area contributed by atoms with Gasteiger partial charge in [0.25, 0.3) is 0 Å². The molecule has 3 heterocycles. The molecular weight excluding hydrogens is 332 g/mol. The molecule has 2 aliphatic rings. The van der Waals surface area contributed by atoms with Crippen LogP contribution in [0.25, 0.3) is 0 Å². The van der Waals surface area contributed by atoms with Crippen molar-refractivity contribution in [3.63, 3.8) is 0 Å². The molecule has 0 aliphatic carbocycles. The van der Waals surface area contributed by atoms with Gasteiger partial charge in [-0.1, -0.05) is 0 Å². The van der Waals surface area contributed by atoms with E-state index in [1.54, 1.807) is 0 Å². The van der Waals surface area contributed by atoms with E-state index in [4.69, 9.17) is 4.74 Å². The number of aldehydes is 1. The van der Waals surface area contributed by atoms with Gasteiger partial charge < -0.3 is 14.4 Å². The van der Waals surface area contributed by atoms with Crippen LogP contribution in [0, 0.1) is 0 Å². The number of rotatable bonds is 8. The number of likely N-dealkylation sites (tertiary alicyclic amines) is 1. The first-order valence-corrected chi connectivity index (χ1v) is 10.7. The lowest BCUT2D eigenvalue weighted by Gasteiger charge is -2.34. The van der Waals surface area contributed by atoms with Crippen LogP contribution in [0.5, 0.6) is 5.06 Å². The van der Waals surface area contributed by atoms with Crippen molar-refractivity contribution in [3.8, 4) is 5.06 Å². The first kappa shape index (κ1) is 18.9. The van der Waals surface area contributed by atoms with Gasteiger partial charge in [0.15, 0.2) is 5.06 Å².